The van der Waals surface area contributed by atoms with E-state index in [-0.39, 0.29) is 23.5 Å². The van der Waals surface area contributed by atoms with Gasteiger partial charge in [0.2, 0.25) is 0 Å². The van der Waals surface area contributed by atoms with Crippen molar-refractivity contribution in [2.75, 3.05) is 5.75 Å². The van der Waals surface area contributed by atoms with Gasteiger partial charge in [0.25, 0.3) is 5.91 Å². The Hall–Kier alpha value is -3.44. The molecule has 8 heteroatoms. The Morgan fingerprint density at radius 2 is 1.72 bits per heavy atom. The second-order valence-electron chi connectivity index (χ2n) is 7.81. The molecule has 0 saturated carbocycles. The quantitative estimate of drug-likeness (QED) is 0.388. The number of nitriles is 1. The van der Waals surface area contributed by atoms with Gasteiger partial charge in [-0.1, -0.05) is 55.9 Å². The van der Waals surface area contributed by atoms with Crippen molar-refractivity contribution < 1.29 is 9.59 Å². The summed E-state index contributed by atoms with van der Waals surface area (Å²) in [5.41, 5.74) is 1.65. The highest BCUT2D eigenvalue weighted by molar-refractivity contribution is 7.99. The predicted molar refractivity (Wildman–Crippen MR) is 123 cm³/mol. The summed E-state index contributed by atoms with van der Waals surface area (Å²) < 4.78 is 1.97. The van der Waals surface area contributed by atoms with Crippen LogP contribution in [0.5, 0.6) is 0 Å². The van der Waals surface area contributed by atoms with Crippen LogP contribution in [0.3, 0.4) is 0 Å². The largest absolute Gasteiger partial charge is 0.342 e. The fraction of sp³-hybridized carbons (Fsp3) is 0.292. The number of carbonyl (C=O) groups excluding carboxylic acids is 2. The van der Waals surface area contributed by atoms with Crippen LogP contribution in [0.4, 0.5) is 0 Å². The average Bonchev–Trinajstić information content (AvgIpc) is 3.19. The van der Waals surface area contributed by atoms with Crippen LogP contribution in [-0.4, -0.2) is 32.2 Å². The summed E-state index contributed by atoms with van der Waals surface area (Å²) in [6, 6.07) is 17.3. The topological polar surface area (TPSA) is 101 Å². The Kier molecular flexibility index (Phi) is 7.79. The molecule has 2 aromatic carbocycles. The minimum Gasteiger partial charge on any atom is -0.342 e. The van der Waals surface area contributed by atoms with Crippen molar-refractivity contribution in [1.82, 2.24) is 20.1 Å². The van der Waals surface area contributed by atoms with E-state index >= 15 is 0 Å². The number of nitrogens with zero attached hydrogens (tertiary/aromatic N) is 4. The number of benzene rings is 2. The molecule has 7 nitrogen and oxygen atoms in total. The molecule has 1 aromatic heterocycles. The van der Waals surface area contributed by atoms with Gasteiger partial charge in [-0.05, 0) is 37.1 Å². The standard InChI is InChI=1S/C24H25N5O2S/c1-16(2)14-29-22(17(3)26-23(31)20-7-5-4-6-8-20)27-28-24(29)32-15-21(30)19-11-9-18(13-25)10-12-19/h4-12,16-17H,14-15H2,1-3H3,(H,26,31)/t17-/m0/s1. The van der Waals surface area contributed by atoms with Crippen LogP contribution in [0, 0.1) is 17.2 Å². The molecule has 1 N–H and O–H groups in total. The van der Waals surface area contributed by atoms with Crippen molar-refractivity contribution in [2.24, 2.45) is 5.92 Å². The van der Waals surface area contributed by atoms with E-state index in [0.717, 1.165) is 0 Å². The van der Waals surface area contributed by atoms with Crippen molar-refractivity contribution in [2.45, 2.75) is 38.5 Å². The van der Waals surface area contributed by atoms with Gasteiger partial charge in [-0.2, -0.15) is 5.26 Å². The zero-order valence-corrected chi connectivity index (χ0v) is 19.1. The zero-order chi connectivity index (χ0) is 23.1. The van der Waals surface area contributed by atoms with Crippen LogP contribution in [0.25, 0.3) is 0 Å². The van der Waals surface area contributed by atoms with Gasteiger partial charge >= 0.3 is 0 Å². The van der Waals surface area contributed by atoms with Gasteiger partial charge < -0.3 is 9.88 Å². The van der Waals surface area contributed by atoms with Gasteiger partial charge in [-0.25, -0.2) is 0 Å². The Morgan fingerprint density at radius 3 is 2.34 bits per heavy atom. The second-order valence-corrected chi connectivity index (χ2v) is 8.75. The van der Waals surface area contributed by atoms with Crippen LogP contribution >= 0.6 is 11.8 Å². The third-order valence-corrected chi connectivity index (χ3v) is 5.70. The number of nitrogens with one attached hydrogen (secondary N) is 1. The average molecular weight is 448 g/mol. The molecule has 0 bridgehead atoms. The molecule has 164 valence electrons. The molecule has 1 atom stereocenters. The minimum absolute atomic E-state index is 0.0504. The molecule has 0 aliphatic rings. The molecule has 1 heterocycles. The first-order chi connectivity index (χ1) is 15.4. The van der Waals surface area contributed by atoms with Crippen molar-refractivity contribution in [1.29, 1.82) is 5.26 Å². The van der Waals surface area contributed by atoms with Gasteiger partial charge in [0.05, 0.1) is 23.4 Å². The number of hydrogen-bond donors (Lipinski definition) is 1. The van der Waals surface area contributed by atoms with Crippen LogP contribution in [0.1, 0.15) is 58.9 Å². The number of hydrogen-bond acceptors (Lipinski definition) is 6. The molecule has 1 amide bonds. The number of carbonyl (C=O) groups is 2. The number of rotatable bonds is 9. The molecule has 32 heavy (non-hydrogen) atoms. The van der Waals surface area contributed by atoms with E-state index in [1.807, 2.05) is 35.8 Å². The second kappa shape index (κ2) is 10.7. The van der Waals surface area contributed by atoms with E-state index in [1.165, 1.54) is 11.8 Å². The van der Waals surface area contributed by atoms with E-state index in [2.05, 4.69) is 29.4 Å². The third-order valence-electron chi connectivity index (χ3n) is 4.73. The van der Waals surface area contributed by atoms with Gasteiger partial charge in [0.1, 0.15) is 0 Å². The highest BCUT2D eigenvalue weighted by atomic mass is 32.2. The first kappa shape index (κ1) is 23.2. The number of ketones is 1. The first-order valence-corrected chi connectivity index (χ1v) is 11.3. The van der Waals surface area contributed by atoms with Crippen molar-refractivity contribution in [3.05, 3.63) is 77.1 Å². The molecule has 0 aliphatic heterocycles. The normalized spacial score (nSPS) is 11.7. The molecule has 0 saturated heterocycles. The summed E-state index contributed by atoms with van der Waals surface area (Å²) in [7, 11) is 0. The predicted octanol–water partition coefficient (Wildman–Crippen LogP) is 4.27. The van der Waals surface area contributed by atoms with Gasteiger partial charge in [-0.15, -0.1) is 10.2 Å². The summed E-state index contributed by atoms with van der Waals surface area (Å²) in [5, 5.41) is 21.1. The SMILES string of the molecule is CC(C)Cn1c(SCC(=O)c2ccc(C#N)cc2)nnc1[C@H](C)NC(=O)c1ccccc1. The Balaban J connectivity index is 1.73. The minimum atomic E-state index is -0.350. The smallest absolute Gasteiger partial charge is 0.251 e. The van der Waals surface area contributed by atoms with E-state index in [4.69, 9.17) is 5.26 Å². The van der Waals surface area contributed by atoms with Crippen LogP contribution < -0.4 is 5.32 Å². The summed E-state index contributed by atoms with van der Waals surface area (Å²) in [4.78, 5) is 25.1. The van der Waals surface area contributed by atoms with Crippen molar-refractivity contribution >= 4 is 23.5 Å². The monoisotopic (exact) mass is 447 g/mol. The highest BCUT2D eigenvalue weighted by Crippen LogP contribution is 2.23. The summed E-state index contributed by atoms with van der Waals surface area (Å²) in [6.07, 6.45) is 0. The molecule has 3 rings (SSSR count). The van der Waals surface area contributed by atoms with Crippen molar-refractivity contribution in [3.63, 3.8) is 0 Å². The van der Waals surface area contributed by atoms with Gasteiger partial charge in [0.15, 0.2) is 16.8 Å². The Morgan fingerprint density at radius 1 is 1.03 bits per heavy atom. The van der Waals surface area contributed by atoms with Gasteiger partial charge in [0, 0.05) is 17.7 Å². The maximum absolute atomic E-state index is 12.6. The molecule has 0 aliphatic carbocycles. The van der Waals surface area contributed by atoms with Crippen LogP contribution in [0.15, 0.2) is 59.8 Å². The van der Waals surface area contributed by atoms with Crippen LogP contribution in [0.2, 0.25) is 0 Å². The summed E-state index contributed by atoms with van der Waals surface area (Å²) in [6.45, 7) is 6.72. The van der Waals surface area contributed by atoms with Gasteiger partial charge in [-0.3, -0.25) is 9.59 Å². The number of aromatic nitrogens is 3. The van der Waals surface area contributed by atoms with E-state index in [0.29, 0.717) is 40.1 Å². The molecule has 0 spiro atoms. The lowest BCUT2D eigenvalue weighted by molar-refractivity contribution is 0.0936. The lowest BCUT2D eigenvalue weighted by Gasteiger charge is -2.17. The maximum Gasteiger partial charge on any atom is 0.251 e. The van der Waals surface area contributed by atoms with E-state index in [9.17, 15) is 9.59 Å². The molecular formula is C24H25N5O2S. The lowest BCUT2D eigenvalue weighted by atomic mass is 10.1. The summed E-state index contributed by atoms with van der Waals surface area (Å²) in [5.74, 6) is 0.951. The number of amides is 1. The molecule has 3 aromatic rings. The first-order valence-electron chi connectivity index (χ1n) is 10.3. The van der Waals surface area contributed by atoms with Crippen molar-refractivity contribution in [3.8, 4) is 6.07 Å². The number of Topliss-reactive ketones (excluding diaryl/α,β-unsaturated/α-hetero) is 1. The lowest BCUT2D eigenvalue weighted by Crippen LogP contribution is -2.29. The third kappa shape index (κ3) is 5.83. The van der Waals surface area contributed by atoms with Crippen LogP contribution in [-0.2, 0) is 6.54 Å². The Bertz CT molecular complexity index is 1120. The van der Waals surface area contributed by atoms with E-state index in [1.54, 1.807) is 36.4 Å². The number of thioether (sulfide) groups is 1. The highest BCUT2D eigenvalue weighted by Gasteiger charge is 2.21. The molecule has 0 radical (unpaired) electrons. The van der Waals surface area contributed by atoms with E-state index < -0.39 is 0 Å². The zero-order valence-electron chi connectivity index (χ0n) is 18.3. The molecule has 0 fully saturated rings. The molecule has 0 unspecified atom stereocenters. The molecular weight excluding hydrogens is 422 g/mol. The fourth-order valence-corrected chi connectivity index (χ4v) is 3.99. The Labute approximate surface area is 191 Å². The summed E-state index contributed by atoms with van der Waals surface area (Å²) >= 11 is 1.32. The fourth-order valence-electron chi connectivity index (χ4n) is 3.14. The maximum atomic E-state index is 12.6.